The standard InChI is InChI=1S/C13H11N3O2/c17-8-3-4-10-9(6-8)13(11-2-1-5-14-11)15-7-12(18)16-10/h1-6,14,17H,7H2,(H,16,18). The van der Waals surface area contributed by atoms with Gasteiger partial charge in [0.25, 0.3) is 0 Å². The van der Waals surface area contributed by atoms with Gasteiger partial charge < -0.3 is 15.4 Å². The summed E-state index contributed by atoms with van der Waals surface area (Å²) in [6.07, 6.45) is 1.79. The van der Waals surface area contributed by atoms with E-state index in [1.165, 1.54) is 6.07 Å². The molecule has 18 heavy (non-hydrogen) atoms. The smallest absolute Gasteiger partial charge is 0.246 e. The number of aromatic hydroxyl groups is 1. The molecule has 2 aromatic rings. The number of benzodiazepines with no additional fused rings is 1. The zero-order valence-corrected chi connectivity index (χ0v) is 9.47. The summed E-state index contributed by atoms with van der Waals surface area (Å²) in [5, 5.41) is 12.3. The number of fused-ring (bicyclic) bond motifs is 1. The third kappa shape index (κ3) is 1.75. The first-order chi connectivity index (χ1) is 8.74. The Morgan fingerprint density at radius 3 is 2.94 bits per heavy atom. The van der Waals surface area contributed by atoms with E-state index in [9.17, 15) is 9.90 Å². The van der Waals surface area contributed by atoms with Crippen LogP contribution in [-0.2, 0) is 4.79 Å². The minimum atomic E-state index is -0.163. The molecule has 0 unspecified atom stereocenters. The number of hydrogen-bond donors (Lipinski definition) is 3. The number of nitrogens with one attached hydrogen (secondary N) is 2. The molecule has 1 aliphatic heterocycles. The van der Waals surface area contributed by atoms with Gasteiger partial charge in [-0.1, -0.05) is 0 Å². The lowest BCUT2D eigenvalue weighted by atomic mass is 10.0. The Labute approximate surface area is 103 Å². The number of benzene rings is 1. The summed E-state index contributed by atoms with van der Waals surface area (Å²) < 4.78 is 0. The van der Waals surface area contributed by atoms with Crippen molar-refractivity contribution in [3.63, 3.8) is 0 Å². The fourth-order valence-electron chi connectivity index (χ4n) is 1.97. The van der Waals surface area contributed by atoms with Crippen LogP contribution in [0.15, 0.2) is 41.5 Å². The van der Waals surface area contributed by atoms with Crippen molar-refractivity contribution in [1.82, 2.24) is 4.98 Å². The molecule has 0 saturated carbocycles. The van der Waals surface area contributed by atoms with Crippen molar-refractivity contribution in [2.45, 2.75) is 0 Å². The number of phenolic OH excluding ortho intramolecular Hbond substituents is 1. The van der Waals surface area contributed by atoms with E-state index in [4.69, 9.17) is 0 Å². The Balaban J connectivity index is 2.20. The summed E-state index contributed by atoms with van der Waals surface area (Å²) in [5.74, 6) is -0.0207. The van der Waals surface area contributed by atoms with Crippen LogP contribution in [0.2, 0.25) is 0 Å². The van der Waals surface area contributed by atoms with Gasteiger partial charge >= 0.3 is 0 Å². The van der Waals surface area contributed by atoms with Crippen LogP contribution in [0.5, 0.6) is 5.75 Å². The number of hydrogen-bond acceptors (Lipinski definition) is 3. The summed E-state index contributed by atoms with van der Waals surface area (Å²) in [6.45, 7) is 0.0732. The first-order valence-electron chi connectivity index (χ1n) is 5.55. The van der Waals surface area contributed by atoms with E-state index in [1.54, 1.807) is 18.3 Å². The van der Waals surface area contributed by atoms with Gasteiger partial charge in [-0.15, -0.1) is 0 Å². The lowest BCUT2D eigenvalue weighted by molar-refractivity contribution is -0.114. The lowest BCUT2D eigenvalue weighted by Gasteiger charge is -2.09. The Morgan fingerprint density at radius 1 is 1.28 bits per heavy atom. The molecule has 0 spiro atoms. The van der Waals surface area contributed by atoms with Crippen LogP contribution in [0.25, 0.3) is 0 Å². The van der Waals surface area contributed by atoms with Gasteiger partial charge in [-0.3, -0.25) is 9.79 Å². The number of phenols is 1. The quantitative estimate of drug-likeness (QED) is 0.662. The monoisotopic (exact) mass is 241 g/mol. The highest BCUT2D eigenvalue weighted by atomic mass is 16.3. The molecule has 5 heteroatoms. The highest BCUT2D eigenvalue weighted by Crippen LogP contribution is 2.25. The number of carbonyl (C=O) groups excluding carboxylic acids is 1. The minimum absolute atomic E-state index is 0.0732. The lowest BCUT2D eigenvalue weighted by Crippen LogP contribution is -2.13. The maximum absolute atomic E-state index is 11.6. The van der Waals surface area contributed by atoms with Gasteiger partial charge in [0.05, 0.1) is 17.1 Å². The molecule has 0 aliphatic carbocycles. The van der Waals surface area contributed by atoms with Gasteiger partial charge in [0, 0.05) is 11.8 Å². The molecular formula is C13H11N3O2. The van der Waals surface area contributed by atoms with Gasteiger partial charge in [-0.25, -0.2) is 0 Å². The van der Waals surface area contributed by atoms with E-state index in [-0.39, 0.29) is 18.2 Å². The first kappa shape index (κ1) is 10.6. The molecule has 90 valence electrons. The molecule has 0 bridgehead atoms. The molecule has 5 nitrogen and oxygen atoms in total. The summed E-state index contributed by atoms with van der Waals surface area (Å²) >= 11 is 0. The highest BCUT2D eigenvalue weighted by Gasteiger charge is 2.18. The molecule has 0 radical (unpaired) electrons. The van der Waals surface area contributed by atoms with Gasteiger partial charge in [0.1, 0.15) is 12.3 Å². The van der Waals surface area contributed by atoms with Gasteiger partial charge in [-0.2, -0.15) is 0 Å². The third-order valence-corrected chi connectivity index (χ3v) is 2.77. The number of aliphatic imine (C=N–C) groups is 1. The molecule has 1 aromatic carbocycles. The minimum Gasteiger partial charge on any atom is -0.508 e. The number of nitrogens with zero attached hydrogens (tertiary/aromatic N) is 1. The molecule has 3 N–H and O–H groups in total. The molecule has 1 aliphatic rings. The zero-order valence-electron chi connectivity index (χ0n) is 9.47. The fraction of sp³-hybridized carbons (Fsp3) is 0.0769. The van der Waals surface area contributed by atoms with Crippen molar-refractivity contribution < 1.29 is 9.90 Å². The van der Waals surface area contributed by atoms with Crippen LogP contribution in [0.4, 0.5) is 5.69 Å². The fourth-order valence-corrected chi connectivity index (χ4v) is 1.97. The summed E-state index contributed by atoms with van der Waals surface area (Å²) in [5.41, 5.74) is 2.86. The molecule has 2 heterocycles. The number of aromatic amines is 1. The van der Waals surface area contributed by atoms with Crippen LogP contribution in [0.1, 0.15) is 11.3 Å². The van der Waals surface area contributed by atoms with E-state index < -0.39 is 0 Å². The van der Waals surface area contributed by atoms with Crippen molar-refractivity contribution in [3.05, 3.63) is 47.8 Å². The number of rotatable bonds is 1. The molecule has 0 atom stereocenters. The Hall–Kier alpha value is -2.56. The van der Waals surface area contributed by atoms with E-state index in [2.05, 4.69) is 15.3 Å². The first-order valence-corrected chi connectivity index (χ1v) is 5.55. The van der Waals surface area contributed by atoms with E-state index in [0.29, 0.717) is 17.0 Å². The topological polar surface area (TPSA) is 77.5 Å². The van der Waals surface area contributed by atoms with Crippen LogP contribution in [-0.4, -0.2) is 28.3 Å². The second-order valence-electron chi connectivity index (χ2n) is 4.03. The van der Waals surface area contributed by atoms with Gasteiger partial charge in [0.2, 0.25) is 5.91 Å². The molecule has 1 aromatic heterocycles. The van der Waals surface area contributed by atoms with Crippen molar-refractivity contribution in [2.75, 3.05) is 11.9 Å². The maximum atomic E-state index is 11.6. The average molecular weight is 241 g/mol. The maximum Gasteiger partial charge on any atom is 0.246 e. The van der Waals surface area contributed by atoms with Crippen molar-refractivity contribution in [3.8, 4) is 5.75 Å². The van der Waals surface area contributed by atoms with E-state index in [0.717, 1.165) is 5.69 Å². The van der Waals surface area contributed by atoms with E-state index in [1.807, 2.05) is 12.1 Å². The highest BCUT2D eigenvalue weighted by molar-refractivity contribution is 6.18. The summed E-state index contributed by atoms with van der Waals surface area (Å²) in [6, 6.07) is 8.55. The molecule has 0 saturated heterocycles. The summed E-state index contributed by atoms with van der Waals surface area (Å²) in [4.78, 5) is 18.9. The predicted molar refractivity (Wildman–Crippen MR) is 68.0 cm³/mol. The predicted octanol–water partition coefficient (Wildman–Crippen LogP) is 1.51. The molecule has 3 rings (SSSR count). The summed E-state index contributed by atoms with van der Waals surface area (Å²) in [7, 11) is 0. The number of aromatic nitrogens is 1. The van der Waals surface area contributed by atoms with Crippen LogP contribution < -0.4 is 5.32 Å². The Morgan fingerprint density at radius 2 is 2.17 bits per heavy atom. The Bertz CT molecular complexity index is 630. The number of H-pyrrole nitrogens is 1. The second kappa shape index (κ2) is 4.03. The van der Waals surface area contributed by atoms with Crippen LogP contribution in [0.3, 0.4) is 0 Å². The third-order valence-electron chi connectivity index (χ3n) is 2.77. The van der Waals surface area contributed by atoms with Crippen molar-refractivity contribution in [1.29, 1.82) is 0 Å². The zero-order chi connectivity index (χ0) is 12.5. The van der Waals surface area contributed by atoms with Crippen molar-refractivity contribution in [2.24, 2.45) is 4.99 Å². The average Bonchev–Trinajstić information content (AvgIpc) is 2.81. The molecule has 1 amide bonds. The van der Waals surface area contributed by atoms with Crippen LogP contribution in [0, 0.1) is 0 Å². The Kier molecular flexibility index (Phi) is 2.37. The number of amides is 1. The van der Waals surface area contributed by atoms with Crippen molar-refractivity contribution >= 4 is 17.3 Å². The van der Waals surface area contributed by atoms with Gasteiger partial charge in [-0.05, 0) is 30.3 Å². The van der Waals surface area contributed by atoms with Crippen LogP contribution >= 0.6 is 0 Å². The number of carbonyl (C=O) groups is 1. The number of anilines is 1. The van der Waals surface area contributed by atoms with Gasteiger partial charge in [0.15, 0.2) is 0 Å². The molecular weight excluding hydrogens is 230 g/mol. The normalized spacial score (nSPS) is 14.4. The largest absolute Gasteiger partial charge is 0.508 e. The second-order valence-corrected chi connectivity index (χ2v) is 4.03. The molecule has 0 fully saturated rings. The van der Waals surface area contributed by atoms with E-state index >= 15 is 0 Å². The SMILES string of the molecule is O=C1CN=C(c2ccc[nH]2)c2cc(O)ccc2N1.